The molecular weight excluding hydrogens is 344 g/mol. The zero-order valence-corrected chi connectivity index (χ0v) is 20.4. The highest BCUT2D eigenvalue weighted by Crippen LogP contribution is 2.54. The molecule has 0 aromatic heterocycles. The average molecular weight is 387 g/mol. The molecule has 0 heterocycles. The minimum atomic E-state index is -1.75. The van der Waals surface area contributed by atoms with Crippen LogP contribution >= 0.6 is 0 Å². The Hall–Kier alpha value is -1.02. The first-order chi connectivity index (χ1) is 12.3. The summed E-state index contributed by atoms with van der Waals surface area (Å²) in [5.41, 5.74) is 3.55. The molecule has 1 aliphatic rings. The molecule has 2 unspecified atom stereocenters. The van der Waals surface area contributed by atoms with E-state index in [4.69, 9.17) is 4.74 Å². The van der Waals surface area contributed by atoms with Gasteiger partial charge in [0.2, 0.25) is 0 Å². The predicted molar refractivity (Wildman–Crippen MR) is 123 cm³/mol. The fraction of sp³-hybridized carbons (Fsp3) is 0.680. The number of hydrogen-bond acceptors (Lipinski definition) is 1. The van der Waals surface area contributed by atoms with Crippen molar-refractivity contribution in [3.05, 3.63) is 35.9 Å². The normalized spacial score (nSPS) is 29.0. The lowest BCUT2D eigenvalue weighted by Gasteiger charge is -2.39. The van der Waals surface area contributed by atoms with Gasteiger partial charge in [0.1, 0.15) is 12.4 Å². The number of hydrogen-bond donors (Lipinski definition) is 0. The van der Waals surface area contributed by atoms with E-state index in [9.17, 15) is 0 Å². The van der Waals surface area contributed by atoms with Crippen LogP contribution in [-0.4, -0.2) is 14.7 Å². The Kier molecular flexibility index (Phi) is 6.41. The largest absolute Gasteiger partial charge is 0.489 e. The summed E-state index contributed by atoms with van der Waals surface area (Å²) in [6.45, 7) is 28.7. The van der Waals surface area contributed by atoms with Gasteiger partial charge in [0.25, 0.3) is 0 Å². The Bertz CT molecular complexity index is 668. The van der Waals surface area contributed by atoms with Gasteiger partial charge < -0.3 is 4.74 Å². The van der Waals surface area contributed by atoms with Gasteiger partial charge in [0.15, 0.2) is 0 Å². The van der Waals surface area contributed by atoms with Crippen LogP contribution in [0.15, 0.2) is 24.8 Å². The second-order valence-electron chi connectivity index (χ2n) is 10.7. The van der Waals surface area contributed by atoms with Gasteiger partial charge in [-0.2, -0.15) is 0 Å². The van der Waals surface area contributed by atoms with Crippen molar-refractivity contribution in [3.63, 3.8) is 0 Å². The van der Waals surface area contributed by atoms with Crippen LogP contribution < -0.4 is 9.92 Å². The zero-order valence-electron chi connectivity index (χ0n) is 19.4. The van der Waals surface area contributed by atoms with Crippen molar-refractivity contribution in [1.29, 1.82) is 0 Å². The van der Waals surface area contributed by atoms with Crippen LogP contribution in [-0.2, 0) is 5.41 Å². The molecule has 1 nitrogen and oxygen atoms in total. The maximum absolute atomic E-state index is 6.39. The Morgan fingerprint density at radius 3 is 1.96 bits per heavy atom. The van der Waals surface area contributed by atoms with Crippen molar-refractivity contribution in [2.24, 2.45) is 23.7 Å². The second kappa shape index (κ2) is 7.77. The second-order valence-corrected chi connectivity index (χ2v) is 15.4. The molecule has 0 spiro atoms. The fourth-order valence-corrected chi connectivity index (χ4v) is 10.7. The molecule has 27 heavy (non-hydrogen) atoms. The first-order valence-corrected chi connectivity index (χ1v) is 13.8. The third-order valence-electron chi connectivity index (χ3n) is 7.54. The lowest BCUT2D eigenvalue weighted by atomic mass is 9.85. The van der Waals surface area contributed by atoms with Crippen LogP contribution in [0.2, 0.25) is 18.6 Å². The van der Waals surface area contributed by atoms with Crippen molar-refractivity contribution in [3.8, 4) is 5.75 Å². The molecule has 152 valence electrons. The molecule has 1 aromatic carbocycles. The van der Waals surface area contributed by atoms with Crippen molar-refractivity contribution in [2.75, 3.05) is 6.61 Å². The maximum atomic E-state index is 6.39. The van der Waals surface area contributed by atoms with Crippen molar-refractivity contribution in [1.82, 2.24) is 0 Å². The maximum Gasteiger partial charge on any atom is 0.122 e. The van der Waals surface area contributed by atoms with Crippen LogP contribution in [0, 0.1) is 30.6 Å². The third-order valence-corrected chi connectivity index (χ3v) is 12.0. The van der Waals surface area contributed by atoms with Gasteiger partial charge in [-0.05, 0) is 52.3 Å². The molecule has 1 fully saturated rings. The van der Waals surface area contributed by atoms with Crippen LogP contribution in [0.5, 0.6) is 5.75 Å². The van der Waals surface area contributed by atoms with Gasteiger partial charge in [0.05, 0.1) is 8.07 Å². The van der Waals surface area contributed by atoms with E-state index in [1.54, 1.807) is 0 Å². The molecule has 5 atom stereocenters. The lowest BCUT2D eigenvalue weighted by Crippen LogP contribution is -2.50. The van der Waals surface area contributed by atoms with Crippen LogP contribution in [0.4, 0.5) is 0 Å². The first-order valence-electron chi connectivity index (χ1n) is 10.7. The SMILES string of the molecule is C=CCOc1c(C(C)(C)C)cc(C)cc1[Si](C)(C)[C@H]1C(C)C(C)[C@@H](C)[C@H]1C. The fourth-order valence-electron chi connectivity index (χ4n) is 5.69. The topological polar surface area (TPSA) is 9.23 Å². The Balaban J connectivity index is 2.68. The van der Waals surface area contributed by atoms with Crippen LogP contribution in [0.25, 0.3) is 0 Å². The molecule has 0 bridgehead atoms. The average Bonchev–Trinajstić information content (AvgIpc) is 2.75. The van der Waals surface area contributed by atoms with E-state index in [2.05, 4.69) is 87.2 Å². The van der Waals surface area contributed by atoms with E-state index < -0.39 is 8.07 Å². The summed E-state index contributed by atoms with van der Waals surface area (Å²) in [7, 11) is -1.75. The highest BCUT2D eigenvalue weighted by molar-refractivity contribution is 6.91. The van der Waals surface area contributed by atoms with E-state index in [0.717, 1.165) is 35.0 Å². The van der Waals surface area contributed by atoms with Crippen molar-refractivity contribution >= 4 is 13.3 Å². The summed E-state index contributed by atoms with van der Waals surface area (Å²) in [6, 6.07) is 4.77. The number of ether oxygens (including phenoxy) is 1. The molecule has 1 aromatic rings. The van der Waals surface area contributed by atoms with Crippen LogP contribution in [0.1, 0.15) is 59.6 Å². The smallest absolute Gasteiger partial charge is 0.122 e. The minimum absolute atomic E-state index is 0.0647. The van der Waals surface area contributed by atoms with Crippen molar-refractivity contribution < 1.29 is 4.74 Å². The summed E-state index contributed by atoms with van der Waals surface area (Å²) < 4.78 is 6.39. The van der Waals surface area contributed by atoms with E-state index >= 15 is 0 Å². The van der Waals surface area contributed by atoms with Gasteiger partial charge in [-0.25, -0.2) is 0 Å². The Labute approximate surface area is 169 Å². The minimum Gasteiger partial charge on any atom is -0.489 e. The highest BCUT2D eigenvalue weighted by atomic mass is 28.3. The summed E-state index contributed by atoms with van der Waals surface area (Å²) in [6.07, 6.45) is 1.87. The molecule has 1 saturated carbocycles. The van der Waals surface area contributed by atoms with Crippen molar-refractivity contribution in [2.45, 2.75) is 79.4 Å². The number of benzene rings is 1. The molecule has 0 N–H and O–H groups in total. The van der Waals surface area contributed by atoms with Gasteiger partial charge in [-0.1, -0.05) is 91.9 Å². The third kappa shape index (κ3) is 4.06. The first kappa shape index (κ1) is 22.3. The summed E-state index contributed by atoms with van der Waals surface area (Å²) >= 11 is 0. The van der Waals surface area contributed by atoms with E-state index in [-0.39, 0.29) is 5.41 Å². The van der Waals surface area contributed by atoms with Gasteiger partial charge in [-0.15, -0.1) is 0 Å². The summed E-state index contributed by atoms with van der Waals surface area (Å²) in [5, 5.41) is 1.51. The highest BCUT2D eigenvalue weighted by Gasteiger charge is 2.51. The van der Waals surface area contributed by atoms with E-state index in [0.29, 0.717) is 6.61 Å². The van der Waals surface area contributed by atoms with E-state index in [1.807, 2.05) is 6.08 Å². The van der Waals surface area contributed by atoms with Gasteiger partial charge in [0, 0.05) is 0 Å². The molecular formula is C25H42OSi. The quantitative estimate of drug-likeness (QED) is 0.404. The molecule has 0 radical (unpaired) electrons. The molecule has 1 aliphatic carbocycles. The Morgan fingerprint density at radius 2 is 1.52 bits per heavy atom. The standard InChI is InChI=1S/C25H42OSi/c1-12-13-26-23-21(25(7,8)9)14-16(2)15-22(23)27(10,11)24-19(5)17(3)18(4)20(24)6/h12,14-15,17-20,24H,1,13H2,2-11H3/t17-,18?,19-,20?,24-/m1/s1. The van der Waals surface area contributed by atoms with E-state index in [1.165, 1.54) is 16.3 Å². The molecule has 2 heteroatoms. The Morgan fingerprint density at radius 1 is 1.00 bits per heavy atom. The van der Waals surface area contributed by atoms with Gasteiger partial charge in [-0.3, -0.25) is 0 Å². The number of aryl methyl sites for hydroxylation is 1. The summed E-state index contributed by atoms with van der Waals surface area (Å²) in [5.74, 6) is 4.27. The molecule has 0 saturated heterocycles. The lowest BCUT2D eigenvalue weighted by molar-refractivity contribution is 0.352. The molecule has 0 amide bonds. The van der Waals surface area contributed by atoms with Gasteiger partial charge >= 0.3 is 0 Å². The predicted octanol–water partition coefficient (Wildman–Crippen LogP) is 6.70. The summed E-state index contributed by atoms with van der Waals surface area (Å²) in [4.78, 5) is 0. The number of rotatable bonds is 5. The molecule has 2 rings (SSSR count). The zero-order chi connectivity index (χ0) is 20.7. The van der Waals surface area contributed by atoms with Crippen LogP contribution in [0.3, 0.4) is 0 Å². The monoisotopic (exact) mass is 386 g/mol. The molecule has 0 aliphatic heterocycles.